The maximum Gasteiger partial charge on any atom is 0.243 e. The number of hydrogen-bond acceptors (Lipinski definition) is 3. The van der Waals surface area contributed by atoms with Gasteiger partial charge in [0.2, 0.25) is 10.0 Å². The third-order valence-corrected chi connectivity index (χ3v) is 6.51. The number of sulfonamides is 1. The van der Waals surface area contributed by atoms with Gasteiger partial charge in [0.1, 0.15) is 0 Å². The zero-order chi connectivity index (χ0) is 16.6. The standard InChI is InChI=1S/C19H20N2O2S.ClH/c22-24(23,21-10-3-8-20-9-11-21)19-7-6-17-12-15-4-1-2-5-16(15)13-18(17)14-19;/h1-2,4-7,12-14,20H,3,8-11H2;1H. The van der Waals surface area contributed by atoms with Crippen LogP contribution in [0.2, 0.25) is 0 Å². The van der Waals surface area contributed by atoms with Crippen LogP contribution in [0.4, 0.5) is 0 Å². The number of halogens is 1. The fraction of sp³-hybridized carbons (Fsp3) is 0.263. The first-order valence-electron chi connectivity index (χ1n) is 8.28. The van der Waals surface area contributed by atoms with Crippen LogP contribution in [0.15, 0.2) is 59.5 Å². The minimum atomic E-state index is -3.44. The zero-order valence-electron chi connectivity index (χ0n) is 13.8. The van der Waals surface area contributed by atoms with Gasteiger partial charge in [0.05, 0.1) is 4.90 Å². The van der Waals surface area contributed by atoms with Crippen molar-refractivity contribution < 1.29 is 8.42 Å². The van der Waals surface area contributed by atoms with Crippen molar-refractivity contribution in [2.75, 3.05) is 26.2 Å². The number of fused-ring (bicyclic) bond motifs is 2. The molecule has 132 valence electrons. The van der Waals surface area contributed by atoms with Crippen LogP contribution in [0.3, 0.4) is 0 Å². The van der Waals surface area contributed by atoms with Crippen LogP contribution >= 0.6 is 12.4 Å². The van der Waals surface area contributed by atoms with Crippen molar-refractivity contribution in [2.24, 2.45) is 0 Å². The molecule has 3 aromatic rings. The highest BCUT2D eigenvalue weighted by Crippen LogP contribution is 2.26. The number of benzene rings is 3. The van der Waals surface area contributed by atoms with E-state index in [1.807, 2.05) is 18.2 Å². The molecule has 1 fully saturated rings. The van der Waals surface area contributed by atoms with E-state index in [2.05, 4.69) is 29.6 Å². The number of rotatable bonds is 2. The lowest BCUT2D eigenvalue weighted by Gasteiger charge is -2.20. The van der Waals surface area contributed by atoms with E-state index in [1.165, 1.54) is 5.39 Å². The van der Waals surface area contributed by atoms with E-state index in [1.54, 1.807) is 16.4 Å². The van der Waals surface area contributed by atoms with Gasteiger partial charge in [-0.25, -0.2) is 8.42 Å². The molecule has 1 aliphatic heterocycles. The largest absolute Gasteiger partial charge is 0.315 e. The van der Waals surface area contributed by atoms with Gasteiger partial charge in [-0.1, -0.05) is 30.3 Å². The van der Waals surface area contributed by atoms with Crippen LogP contribution in [-0.4, -0.2) is 38.9 Å². The van der Waals surface area contributed by atoms with Crippen LogP contribution in [0.25, 0.3) is 21.5 Å². The first-order chi connectivity index (χ1) is 11.6. The Balaban J connectivity index is 0.00000182. The molecule has 25 heavy (non-hydrogen) atoms. The summed E-state index contributed by atoms with van der Waals surface area (Å²) in [6.45, 7) is 2.68. The Morgan fingerprint density at radius 2 is 1.48 bits per heavy atom. The van der Waals surface area contributed by atoms with E-state index in [9.17, 15) is 8.42 Å². The van der Waals surface area contributed by atoms with Crippen molar-refractivity contribution in [3.8, 4) is 0 Å². The van der Waals surface area contributed by atoms with Gasteiger partial charge >= 0.3 is 0 Å². The van der Waals surface area contributed by atoms with Gasteiger partial charge in [0.25, 0.3) is 0 Å². The van der Waals surface area contributed by atoms with Crippen LogP contribution in [0.5, 0.6) is 0 Å². The van der Waals surface area contributed by atoms with Gasteiger partial charge in [-0.05, 0) is 58.8 Å². The summed E-state index contributed by atoms with van der Waals surface area (Å²) < 4.78 is 27.5. The zero-order valence-corrected chi connectivity index (χ0v) is 15.4. The molecular weight excluding hydrogens is 356 g/mol. The van der Waals surface area contributed by atoms with Crippen molar-refractivity contribution in [3.63, 3.8) is 0 Å². The van der Waals surface area contributed by atoms with E-state index in [-0.39, 0.29) is 12.4 Å². The number of nitrogens with zero attached hydrogens (tertiary/aromatic N) is 1. The van der Waals surface area contributed by atoms with Crippen LogP contribution < -0.4 is 5.32 Å². The van der Waals surface area contributed by atoms with Gasteiger partial charge in [-0.3, -0.25) is 0 Å². The highest BCUT2D eigenvalue weighted by molar-refractivity contribution is 7.89. The second-order valence-electron chi connectivity index (χ2n) is 6.22. The van der Waals surface area contributed by atoms with Crippen molar-refractivity contribution in [1.82, 2.24) is 9.62 Å². The van der Waals surface area contributed by atoms with E-state index in [4.69, 9.17) is 0 Å². The molecule has 0 bridgehead atoms. The molecule has 0 unspecified atom stereocenters. The molecule has 1 heterocycles. The summed E-state index contributed by atoms with van der Waals surface area (Å²) in [6.07, 6.45) is 0.845. The fourth-order valence-corrected chi connectivity index (χ4v) is 4.80. The molecule has 1 saturated heterocycles. The molecule has 3 aromatic carbocycles. The van der Waals surface area contributed by atoms with Gasteiger partial charge in [0, 0.05) is 19.6 Å². The normalized spacial score (nSPS) is 16.5. The van der Waals surface area contributed by atoms with E-state index >= 15 is 0 Å². The Hall–Kier alpha value is -1.66. The average molecular weight is 377 g/mol. The predicted octanol–water partition coefficient (Wildman–Crippen LogP) is 3.40. The molecule has 0 spiro atoms. The van der Waals surface area contributed by atoms with Gasteiger partial charge in [-0.2, -0.15) is 4.31 Å². The van der Waals surface area contributed by atoms with Gasteiger partial charge in [-0.15, -0.1) is 12.4 Å². The summed E-state index contributed by atoms with van der Waals surface area (Å²) in [6, 6.07) is 17.7. The quantitative estimate of drug-likeness (QED) is 0.697. The second kappa shape index (κ2) is 7.30. The summed E-state index contributed by atoms with van der Waals surface area (Å²) in [5.74, 6) is 0. The Morgan fingerprint density at radius 1 is 0.800 bits per heavy atom. The van der Waals surface area contributed by atoms with Gasteiger partial charge in [0.15, 0.2) is 0 Å². The predicted molar refractivity (Wildman–Crippen MR) is 105 cm³/mol. The average Bonchev–Trinajstić information content (AvgIpc) is 2.89. The lowest BCUT2D eigenvalue weighted by molar-refractivity contribution is 0.432. The minimum Gasteiger partial charge on any atom is -0.315 e. The Bertz CT molecular complexity index is 997. The summed E-state index contributed by atoms with van der Waals surface area (Å²) >= 11 is 0. The summed E-state index contributed by atoms with van der Waals surface area (Å²) in [5.41, 5.74) is 0. The summed E-state index contributed by atoms with van der Waals surface area (Å²) in [5, 5.41) is 7.56. The molecule has 0 aromatic heterocycles. The van der Waals surface area contributed by atoms with Crippen molar-refractivity contribution in [1.29, 1.82) is 0 Å². The molecule has 0 saturated carbocycles. The molecule has 1 aliphatic rings. The third-order valence-electron chi connectivity index (χ3n) is 4.61. The first kappa shape index (κ1) is 18.1. The second-order valence-corrected chi connectivity index (χ2v) is 8.15. The molecule has 4 nitrogen and oxygen atoms in total. The molecule has 0 radical (unpaired) electrons. The summed E-state index contributed by atoms with van der Waals surface area (Å²) in [4.78, 5) is 0.382. The van der Waals surface area contributed by atoms with Crippen molar-refractivity contribution in [2.45, 2.75) is 11.3 Å². The molecule has 4 rings (SSSR count). The van der Waals surface area contributed by atoms with Crippen LogP contribution in [0, 0.1) is 0 Å². The number of nitrogens with one attached hydrogen (secondary N) is 1. The number of hydrogen-bond donors (Lipinski definition) is 1. The summed E-state index contributed by atoms with van der Waals surface area (Å²) in [7, 11) is -3.44. The molecular formula is C19H21ClN2O2S. The molecule has 1 N–H and O–H groups in total. The monoisotopic (exact) mass is 376 g/mol. The topological polar surface area (TPSA) is 49.4 Å². The molecule has 6 heteroatoms. The van der Waals surface area contributed by atoms with E-state index in [0.717, 1.165) is 29.1 Å². The lowest BCUT2D eigenvalue weighted by atomic mass is 10.0. The highest BCUT2D eigenvalue weighted by Gasteiger charge is 2.25. The maximum absolute atomic E-state index is 12.9. The van der Waals surface area contributed by atoms with Crippen LogP contribution in [-0.2, 0) is 10.0 Å². The smallest absolute Gasteiger partial charge is 0.243 e. The molecule has 0 amide bonds. The molecule has 0 atom stereocenters. The Kier molecular flexibility index (Phi) is 5.29. The van der Waals surface area contributed by atoms with Gasteiger partial charge < -0.3 is 5.32 Å². The third kappa shape index (κ3) is 3.51. The Morgan fingerprint density at radius 3 is 2.24 bits per heavy atom. The SMILES string of the molecule is Cl.O=S(=O)(c1ccc2cc3ccccc3cc2c1)N1CCCNCC1. The van der Waals surface area contributed by atoms with E-state index < -0.39 is 10.0 Å². The lowest BCUT2D eigenvalue weighted by Crippen LogP contribution is -2.34. The first-order valence-corrected chi connectivity index (χ1v) is 9.72. The minimum absolute atomic E-state index is 0. The molecule has 0 aliphatic carbocycles. The highest BCUT2D eigenvalue weighted by atomic mass is 35.5. The maximum atomic E-state index is 12.9. The van der Waals surface area contributed by atoms with E-state index in [0.29, 0.717) is 24.5 Å². The fourth-order valence-electron chi connectivity index (χ4n) is 3.29. The van der Waals surface area contributed by atoms with Crippen LogP contribution in [0.1, 0.15) is 6.42 Å². The van der Waals surface area contributed by atoms with Crippen molar-refractivity contribution >= 4 is 44.0 Å². The Labute approximate surface area is 154 Å². The van der Waals surface area contributed by atoms with Crippen molar-refractivity contribution in [3.05, 3.63) is 54.6 Å².